The monoisotopic (exact) mass is 317 g/mol. The lowest BCUT2D eigenvalue weighted by Gasteiger charge is -2.40. The van der Waals surface area contributed by atoms with Crippen molar-refractivity contribution in [2.75, 3.05) is 26.2 Å². The fourth-order valence-corrected chi connectivity index (χ4v) is 5.10. The summed E-state index contributed by atoms with van der Waals surface area (Å²) in [6.45, 7) is 9.23. The van der Waals surface area contributed by atoms with E-state index in [0.717, 1.165) is 38.6 Å². The smallest absolute Gasteiger partial charge is 0.282 e. The summed E-state index contributed by atoms with van der Waals surface area (Å²) >= 11 is 0. The van der Waals surface area contributed by atoms with Gasteiger partial charge in [-0.3, -0.25) is 0 Å². The Morgan fingerprint density at radius 3 is 2.38 bits per heavy atom. The van der Waals surface area contributed by atoms with E-state index >= 15 is 0 Å². The van der Waals surface area contributed by atoms with Crippen LogP contribution in [0.1, 0.15) is 52.9 Å². The maximum Gasteiger partial charge on any atom is 0.282 e. The van der Waals surface area contributed by atoms with E-state index in [2.05, 4.69) is 26.1 Å². The average molecular weight is 317 g/mol. The molecule has 2 aliphatic heterocycles. The minimum absolute atomic E-state index is 0.116. The first-order chi connectivity index (χ1) is 9.91. The van der Waals surface area contributed by atoms with Gasteiger partial charge in [0.05, 0.1) is 0 Å². The van der Waals surface area contributed by atoms with Crippen LogP contribution in [0.2, 0.25) is 0 Å². The van der Waals surface area contributed by atoms with Gasteiger partial charge in [-0.25, -0.2) is 0 Å². The molecular weight excluding hydrogens is 286 g/mol. The number of hydrogen-bond acceptors (Lipinski definition) is 3. The third kappa shape index (κ3) is 4.41. The lowest BCUT2D eigenvalue weighted by Crippen LogP contribution is -2.55. The molecule has 124 valence electrons. The molecule has 0 aromatic heterocycles. The van der Waals surface area contributed by atoms with E-state index in [1.807, 2.05) is 0 Å². The molecule has 5 nitrogen and oxygen atoms in total. The van der Waals surface area contributed by atoms with Crippen LogP contribution in [-0.2, 0) is 10.2 Å². The Morgan fingerprint density at radius 2 is 1.76 bits per heavy atom. The van der Waals surface area contributed by atoms with Gasteiger partial charge in [0.2, 0.25) is 0 Å². The van der Waals surface area contributed by atoms with Crippen LogP contribution in [0, 0.1) is 5.92 Å². The molecule has 0 spiro atoms. The van der Waals surface area contributed by atoms with E-state index in [1.165, 1.54) is 0 Å². The number of nitrogens with zero attached hydrogens (tertiary/aromatic N) is 2. The molecule has 0 bridgehead atoms. The van der Waals surface area contributed by atoms with Crippen LogP contribution in [0.4, 0.5) is 0 Å². The lowest BCUT2D eigenvalue weighted by molar-refractivity contribution is 0.208. The van der Waals surface area contributed by atoms with Crippen molar-refractivity contribution in [2.45, 2.75) is 65.0 Å². The highest BCUT2D eigenvalue weighted by Gasteiger charge is 2.37. The summed E-state index contributed by atoms with van der Waals surface area (Å²) in [4.78, 5) is 0. The molecule has 0 aromatic carbocycles. The predicted molar refractivity (Wildman–Crippen MR) is 86.4 cm³/mol. The molecule has 2 aliphatic rings. The molecule has 0 aliphatic carbocycles. The maximum absolute atomic E-state index is 12.9. The second kappa shape index (κ2) is 7.40. The minimum Gasteiger partial charge on any atom is -0.313 e. The van der Waals surface area contributed by atoms with Crippen LogP contribution in [0.25, 0.3) is 0 Å². The van der Waals surface area contributed by atoms with Crippen LogP contribution in [0.3, 0.4) is 0 Å². The molecule has 0 amide bonds. The predicted octanol–water partition coefficient (Wildman–Crippen LogP) is 1.82. The number of hydrogen-bond donors (Lipinski definition) is 1. The molecule has 0 saturated carbocycles. The van der Waals surface area contributed by atoms with Gasteiger partial charge in [0.1, 0.15) is 0 Å². The van der Waals surface area contributed by atoms with Gasteiger partial charge >= 0.3 is 0 Å². The van der Waals surface area contributed by atoms with Crippen molar-refractivity contribution in [1.29, 1.82) is 0 Å². The molecule has 2 saturated heterocycles. The highest BCUT2D eigenvalue weighted by atomic mass is 32.2. The van der Waals surface area contributed by atoms with Crippen molar-refractivity contribution in [3.05, 3.63) is 0 Å². The zero-order valence-corrected chi connectivity index (χ0v) is 14.5. The molecule has 1 unspecified atom stereocenters. The Morgan fingerprint density at radius 1 is 1.10 bits per heavy atom. The van der Waals surface area contributed by atoms with E-state index in [9.17, 15) is 8.42 Å². The van der Waals surface area contributed by atoms with Crippen molar-refractivity contribution < 1.29 is 8.42 Å². The van der Waals surface area contributed by atoms with Gasteiger partial charge < -0.3 is 5.32 Å². The van der Waals surface area contributed by atoms with Gasteiger partial charge in [0, 0.05) is 38.3 Å². The highest BCUT2D eigenvalue weighted by Crippen LogP contribution is 2.26. The SMILES string of the molecule is CC1CCN(S(=O)(=O)N2CCCCC2CNC(C)C)CC1. The van der Waals surface area contributed by atoms with E-state index in [4.69, 9.17) is 0 Å². The van der Waals surface area contributed by atoms with Crippen LogP contribution in [0.15, 0.2) is 0 Å². The summed E-state index contributed by atoms with van der Waals surface area (Å²) in [6, 6.07) is 0.512. The molecule has 1 N–H and O–H groups in total. The summed E-state index contributed by atoms with van der Waals surface area (Å²) in [7, 11) is -3.28. The third-order valence-electron chi connectivity index (χ3n) is 4.70. The molecule has 0 aromatic rings. The van der Waals surface area contributed by atoms with E-state index in [1.54, 1.807) is 8.61 Å². The molecule has 2 rings (SSSR count). The van der Waals surface area contributed by atoms with Gasteiger partial charge in [-0.15, -0.1) is 0 Å². The first kappa shape index (κ1) is 17.2. The quantitative estimate of drug-likeness (QED) is 0.841. The van der Waals surface area contributed by atoms with E-state index in [-0.39, 0.29) is 6.04 Å². The normalized spacial score (nSPS) is 27.3. The Balaban J connectivity index is 2.04. The fraction of sp³-hybridized carbons (Fsp3) is 1.00. The summed E-state index contributed by atoms with van der Waals surface area (Å²) in [6.07, 6.45) is 5.07. The summed E-state index contributed by atoms with van der Waals surface area (Å²) in [5.74, 6) is 0.649. The Kier molecular flexibility index (Phi) is 6.05. The van der Waals surface area contributed by atoms with E-state index in [0.29, 0.717) is 31.6 Å². The largest absolute Gasteiger partial charge is 0.313 e. The first-order valence-corrected chi connectivity index (χ1v) is 9.81. The molecular formula is C15H31N3O2S. The summed E-state index contributed by atoms with van der Waals surface area (Å²) in [5, 5.41) is 3.40. The van der Waals surface area contributed by atoms with Crippen molar-refractivity contribution in [3.8, 4) is 0 Å². The second-order valence-electron chi connectivity index (χ2n) is 6.91. The maximum atomic E-state index is 12.9. The van der Waals surface area contributed by atoms with Crippen molar-refractivity contribution in [1.82, 2.24) is 13.9 Å². The zero-order chi connectivity index (χ0) is 15.5. The molecule has 21 heavy (non-hydrogen) atoms. The number of nitrogens with one attached hydrogen (secondary N) is 1. The Hall–Kier alpha value is -0.170. The third-order valence-corrected chi connectivity index (χ3v) is 6.79. The van der Waals surface area contributed by atoms with Gasteiger partial charge in [-0.05, 0) is 31.6 Å². The fourth-order valence-electron chi connectivity index (χ4n) is 3.22. The van der Waals surface area contributed by atoms with Crippen molar-refractivity contribution in [3.63, 3.8) is 0 Å². The van der Waals surface area contributed by atoms with Crippen molar-refractivity contribution >= 4 is 10.2 Å². The number of piperidine rings is 2. The molecule has 2 heterocycles. The van der Waals surface area contributed by atoms with Gasteiger partial charge in [0.15, 0.2) is 0 Å². The Bertz CT molecular complexity index is 417. The molecule has 0 radical (unpaired) electrons. The van der Waals surface area contributed by atoms with Gasteiger partial charge in [-0.1, -0.05) is 27.2 Å². The van der Waals surface area contributed by atoms with E-state index < -0.39 is 10.2 Å². The summed E-state index contributed by atoms with van der Waals surface area (Å²) < 4.78 is 29.3. The second-order valence-corrected chi connectivity index (χ2v) is 8.79. The summed E-state index contributed by atoms with van der Waals surface area (Å²) in [5.41, 5.74) is 0. The first-order valence-electron chi connectivity index (χ1n) is 8.41. The van der Waals surface area contributed by atoms with Gasteiger partial charge in [-0.2, -0.15) is 17.0 Å². The minimum atomic E-state index is -3.28. The zero-order valence-electron chi connectivity index (χ0n) is 13.7. The lowest BCUT2D eigenvalue weighted by atomic mass is 10.0. The molecule has 2 fully saturated rings. The number of rotatable bonds is 5. The average Bonchev–Trinajstić information content (AvgIpc) is 2.46. The topological polar surface area (TPSA) is 52.7 Å². The van der Waals surface area contributed by atoms with Crippen molar-refractivity contribution in [2.24, 2.45) is 5.92 Å². The van der Waals surface area contributed by atoms with Crippen LogP contribution in [0.5, 0.6) is 0 Å². The molecule has 1 atom stereocenters. The molecule has 6 heteroatoms. The van der Waals surface area contributed by atoms with Crippen LogP contribution >= 0.6 is 0 Å². The highest BCUT2D eigenvalue weighted by molar-refractivity contribution is 7.86. The van der Waals surface area contributed by atoms with Crippen LogP contribution < -0.4 is 5.32 Å². The standard InChI is InChI=1S/C15H31N3O2S/c1-13(2)16-12-15-6-4-5-9-18(15)21(19,20)17-10-7-14(3)8-11-17/h13-16H,4-12H2,1-3H3. The Labute approximate surface area is 130 Å². The van der Waals surface area contributed by atoms with Crippen LogP contribution in [-0.4, -0.2) is 55.3 Å². The van der Waals surface area contributed by atoms with Gasteiger partial charge in [0.25, 0.3) is 10.2 Å².